The Bertz CT molecular complexity index is 532. The highest BCUT2D eigenvalue weighted by atomic mass is 79.9. The zero-order valence-corrected chi connectivity index (χ0v) is 13.1. The Kier molecular flexibility index (Phi) is 4.68. The van der Waals surface area contributed by atoms with Crippen LogP contribution in [0.25, 0.3) is 11.0 Å². The zero-order chi connectivity index (χ0) is 13.1. The first-order chi connectivity index (χ1) is 8.69. The molecule has 0 atom stereocenters. The van der Waals surface area contributed by atoms with E-state index in [9.17, 15) is 0 Å². The SMILES string of the molecule is CCC(CC)Cn1c(CCl)nc2ccc(Br)cc21. The molecule has 98 valence electrons. The molecule has 2 aromatic rings. The van der Waals surface area contributed by atoms with Crippen LogP contribution in [0.4, 0.5) is 0 Å². The van der Waals surface area contributed by atoms with Crippen molar-refractivity contribution in [2.45, 2.75) is 39.1 Å². The normalized spacial score (nSPS) is 11.6. The standard InChI is InChI=1S/C14H18BrClN2/c1-3-10(4-2)9-18-13-7-11(15)5-6-12(13)17-14(18)8-16/h5-7,10H,3-4,8-9H2,1-2H3. The number of rotatable bonds is 5. The number of imidazole rings is 1. The van der Waals surface area contributed by atoms with E-state index in [0.717, 1.165) is 22.4 Å². The van der Waals surface area contributed by atoms with Crippen LogP contribution in [0.1, 0.15) is 32.5 Å². The molecule has 1 heterocycles. The molecule has 0 fully saturated rings. The third-order valence-corrected chi connectivity index (χ3v) is 4.24. The lowest BCUT2D eigenvalue weighted by Gasteiger charge is -2.15. The number of hydrogen-bond acceptors (Lipinski definition) is 1. The highest BCUT2D eigenvalue weighted by molar-refractivity contribution is 9.10. The molecule has 0 aliphatic heterocycles. The van der Waals surface area contributed by atoms with Gasteiger partial charge in [-0.3, -0.25) is 0 Å². The van der Waals surface area contributed by atoms with E-state index in [1.54, 1.807) is 0 Å². The predicted octanol–water partition coefficient (Wildman–Crippen LogP) is 4.97. The van der Waals surface area contributed by atoms with Gasteiger partial charge in [-0.2, -0.15) is 0 Å². The molecule has 0 spiro atoms. The van der Waals surface area contributed by atoms with E-state index >= 15 is 0 Å². The van der Waals surface area contributed by atoms with Crippen LogP contribution in [-0.4, -0.2) is 9.55 Å². The number of hydrogen-bond donors (Lipinski definition) is 0. The maximum Gasteiger partial charge on any atom is 0.124 e. The maximum absolute atomic E-state index is 6.02. The van der Waals surface area contributed by atoms with E-state index in [2.05, 4.69) is 45.4 Å². The van der Waals surface area contributed by atoms with E-state index < -0.39 is 0 Å². The van der Waals surface area contributed by atoms with Crippen molar-refractivity contribution in [1.29, 1.82) is 0 Å². The fourth-order valence-corrected chi connectivity index (χ4v) is 2.81. The minimum atomic E-state index is 0.465. The summed E-state index contributed by atoms with van der Waals surface area (Å²) in [5.74, 6) is 2.12. The van der Waals surface area contributed by atoms with Crippen molar-refractivity contribution in [1.82, 2.24) is 9.55 Å². The summed E-state index contributed by atoms with van der Waals surface area (Å²) < 4.78 is 3.35. The third-order valence-electron chi connectivity index (χ3n) is 3.50. The Morgan fingerprint density at radius 2 is 2.06 bits per heavy atom. The summed E-state index contributed by atoms with van der Waals surface area (Å²) in [6.07, 6.45) is 2.37. The highest BCUT2D eigenvalue weighted by Gasteiger charge is 2.13. The summed E-state index contributed by atoms with van der Waals surface area (Å²) in [6.45, 7) is 5.48. The average Bonchev–Trinajstić information content (AvgIpc) is 2.73. The maximum atomic E-state index is 6.02. The van der Waals surface area contributed by atoms with Crippen molar-refractivity contribution < 1.29 is 0 Å². The van der Waals surface area contributed by atoms with Gasteiger partial charge < -0.3 is 4.57 Å². The largest absolute Gasteiger partial charge is 0.327 e. The lowest BCUT2D eigenvalue weighted by Crippen LogP contribution is -2.11. The van der Waals surface area contributed by atoms with Crippen LogP contribution >= 0.6 is 27.5 Å². The molecule has 0 aliphatic rings. The quantitative estimate of drug-likeness (QED) is 0.708. The Morgan fingerprint density at radius 3 is 2.67 bits per heavy atom. The van der Waals surface area contributed by atoms with Crippen LogP contribution in [0.2, 0.25) is 0 Å². The molecule has 18 heavy (non-hydrogen) atoms. The van der Waals surface area contributed by atoms with Crippen LogP contribution in [0, 0.1) is 5.92 Å². The topological polar surface area (TPSA) is 17.8 Å². The molecular formula is C14H18BrClN2. The molecule has 0 saturated carbocycles. The summed E-state index contributed by atoms with van der Waals surface area (Å²) >= 11 is 9.54. The van der Waals surface area contributed by atoms with E-state index in [4.69, 9.17) is 11.6 Å². The van der Waals surface area contributed by atoms with Crippen LogP contribution < -0.4 is 0 Å². The minimum Gasteiger partial charge on any atom is -0.327 e. The fourth-order valence-electron chi connectivity index (χ4n) is 2.26. The number of alkyl halides is 1. The number of benzene rings is 1. The van der Waals surface area contributed by atoms with Gasteiger partial charge >= 0.3 is 0 Å². The van der Waals surface area contributed by atoms with E-state index in [1.807, 2.05) is 12.1 Å². The van der Waals surface area contributed by atoms with E-state index in [-0.39, 0.29) is 0 Å². The van der Waals surface area contributed by atoms with Gasteiger partial charge in [0.2, 0.25) is 0 Å². The summed E-state index contributed by atoms with van der Waals surface area (Å²) in [5.41, 5.74) is 2.20. The first kappa shape index (κ1) is 13.9. The van der Waals surface area contributed by atoms with Crippen LogP contribution in [-0.2, 0) is 12.4 Å². The number of nitrogens with zero attached hydrogens (tertiary/aromatic N) is 2. The molecule has 0 radical (unpaired) electrons. The molecule has 0 N–H and O–H groups in total. The molecule has 2 rings (SSSR count). The molecule has 1 aromatic heterocycles. The van der Waals surface area contributed by atoms with Crippen molar-refractivity contribution >= 4 is 38.6 Å². The molecule has 1 aromatic carbocycles. The second-order valence-corrected chi connectivity index (χ2v) is 5.77. The van der Waals surface area contributed by atoms with Gasteiger partial charge in [0.1, 0.15) is 5.82 Å². The predicted molar refractivity (Wildman–Crippen MR) is 81.1 cm³/mol. The molecule has 0 aliphatic carbocycles. The first-order valence-electron chi connectivity index (χ1n) is 6.40. The van der Waals surface area contributed by atoms with Crippen LogP contribution in [0.5, 0.6) is 0 Å². The lowest BCUT2D eigenvalue weighted by molar-refractivity contribution is 0.419. The Morgan fingerprint density at radius 1 is 1.33 bits per heavy atom. The molecule has 0 bridgehead atoms. The number of aromatic nitrogens is 2. The molecule has 2 nitrogen and oxygen atoms in total. The zero-order valence-electron chi connectivity index (χ0n) is 10.8. The van der Waals surface area contributed by atoms with Crippen molar-refractivity contribution in [3.8, 4) is 0 Å². The summed E-state index contributed by atoms with van der Waals surface area (Å²) in [5, 5.41) is 0. The van der Waals surface area contributed by atoms with Crippen molar-refractivity contribution in [3.63, 3.8) is 0 Å². The van der Waals surface area contributed by atoms with Gasteiger partial charge in [0, 0.05) is 11.0 Å². The molecule has 0 amide bonds. The monoisotopic (exact) mass is 328 g/mol. The summed E-state index contributed by atoms with van der Waals surface area (Å²) in [7, 11) is 0. The summed E-state index contributed by atoms with van der Waals surface area (Å²) in [4.78, 5) is 4.60. The smallest absolute Gasteiger partial charge is 0.124 e. The summed E-state index contributed by atoms with van der Waals surface area (Å²) in [6, 6.07) is 6.19. The van der Waals surface area contributed by atoms with E-state index in [1.165, 1.54) is 18.4 Å². The minimum absolute atomic E-state index is 0.465. The van der Waals surface area contributed by atoms with Gasteiger partial charge in [-0.1, -0.05) is 42.6 Å². The van der Waals surface area contributed by atoms with E-state index in [0.29, 0.717) is 11.8 Å². The molecule has 0 unspecified atom stereocenters. The number of fused-ring (bicyclic) bond motifs is 1. The third kappa shape index (κ3) is 2.72. The lowest BCUT2D eigenvalue weighted by atomic mass is 10.0. The van der Waals surface area contributed by atoms with Gasteiger partial charge in [0.05, 0.1) is 16.9 Å². The fraction of sp³-hybridized carbons (Fsp3) is 0.500. The van der Waals surface area contributed by atoms with Crippen LogP contribution in [0.3, 0.4) is 0 Å². The molecule has 0 saturated heterocycles. The van der Waals surface area contributed by atoms with Gasteiger partial charge in [0.15, 0.2) is 0 Å². The van der Waals surface area contributed by atoms with Crippen molar-refractivity contribution in [2.24, 2.45) is 5.92 Å². The van der Waals surface area contributed by atoms with Gasteiger partial charge in [-0.25, -0.2) is 4.98 Å². The van der Waals surface area contributed by atoms with Crippen LogP contribution in [0.15, 0.2) is 22.7 Å². The first-order valence-corrected chi connectivity index (χ1v) is 7.72. The van der Waals surface area contributed by atoms with Gasteiger partial charge in [-0.05, 0) is 24.1 Å². The van der Waals surface area contributed by atoms with Crippen molar-refractivity contribution in [3.05, 3.63) is 28.5 Å². The van der Waals surface area contributed by atoms with Crippen molar-refractivity contribution in [2.75, 3.05) is 0 Å². The second kappa shape index (κ2) is 6.07. The average molecular weight is 330 g/mol. The Labute approximate surface area is 121 Å². The van der Waals surface area contributed by atoms with Gasteiger partial charge in [-0.15, -0.1) is 11.6 Å². The molecular weight excluding hydrogens is 312 g/mol. The Balaban J connectivity index is 2.48. The Hall–Kier alpha value is -0.540. The van der Waals surface area contributed by atoms with Gasteiger partial charge in [0.25, 0.3) is 0 Å². The highest BCUT2D eigenvalue weighted by Crippen LogP contribution is 2.24. The second-order valence-electron chi connectivity index (χ2n) is 4.59. The number of halogens is 2. The molecule has 4 heteroatoms.